The van der Waals surface area contributed by atoms with Gasteiger partial charge in [-0.05, 0) is 73.8 Å². The maximum Gasteiger partial charge on any atom is 0.168 e. The molecule has 0 unspecified atom stereocenters. The molecule has 0 radical (unpaired) electrons. The molecule has 0 bridgehead atoms. The minimum absolute atomic E-state index is 0.216. The number of benzene rings is 1. The molecule has 2 aliphatic carbocycles. The Labute approximate surface area is 163 Å². The molecule has 0 spiro atoms. The third-order valence-corrected chi connectivity index (χ3v) is 6.95. The van der Waals surface area contributed by atoms with Gasteiger partial charge < -0.3 is 9.53 Å². The predicted octanol–water partition coefficient (Wildman–Crippen LogP) is 6.67. The molecule has 0 aliphatic heterocycles. The SMILES string of the molecule is CCCC1CCC(C2CCC(c3cccc(OCCC=O)c3F)CC2)CC1. The van der Waals surface area contributed by atoms with Crippen molar-refractivity contribution in [3.63, 3.8) is 0 Å². The molecule has 0 aromatic heterocycles. The van der Waals surface area contributed by atoms with E-state index >= 15 is 0 Å². The van der Waals surface area contributed by atoms with E-state index in [-0.39, 0.29) is 12.4 Å². The van der Waals surface area contributed by atoms with E-state index in [1.54, 1.807) is 6.07 Å². The standard InChI is InChI=1S/C24H35FO2/c1-2-5-18-8-10-19(11-9-18)20-12-14-21(15-13-20)22-6-3-7-23(24(22)25)27-17-4-16-26/h3,6-7,16,18-21H,2,4-5,8-15,17H2,1H3. The molecule has 2 fully saturated rings. The maximum atomic E-state index is 14.8. The summed E-state index contributed by atoms with van der Waals surface area (Å²) in [6.07, 6.45) is 14.2. The van der Waals surface area contributed by atoms with Gasteiger partial charge in [-0.25, -0.2) is 4.39 Å². The van der Waals surface area contributed by atoms with Crippen molar-refractivity contribution in [1.29, 1.82) is 0 Å². The molecule has 2 nitrogen and oxygen atoms in total. The summed E-state index contributed by atoms with van der Waals surface area (Å²) in [5.74, 6) is 3.12. The van der Waals surface area contributed by atoms with Crippen LogP contribution in [0.25, 0.3) is 0 Å². The van der Waals surface area contributed by atoms with Crippen LogP contribution in [0.5, 0.6) is 5.75 Å². The summed E-state index contributed by atoms with van der Waals surface area (Å²) in [6.45, 7) is 2.55. The van der Waals surface area contributed by atoms with Gasteiger partial charge in [0.05, 0.1) is 6.61 Å². The molecule has 0 atom stereocenters. The zero-order valence-electron chi connectivity index (χ0n) is 16.8. The van der Waals surface area contributed by atoms with Gasteiger partial charge in [-0.3, -0.25) is 0 Å². The average Bonchev–Trinajstić information content (AvgIpc) is 2.71. The number of carbonyl (C=O) groups is 1. The summed E-state index contributed by atoms with van der Waals surface area (Å²) in [5.41, 5.74) is 0.809. The maximum absolute atomic E-state index is 14.8. The van der Waals surface area contributed by atoms with Crippen LogP contribution >= 0.6 is 0 Å². The lowest BCUT2D eigenvalue weighted by molar-refractivity contribution is -0.108. The molecule has 0 saturated heterocycles. The Morgan fingerprint density at radius 3 is 2.33 bits per heavy atom. The van der Waals surface area contributed by atoms with Crippen LogP contribution in [0.4, 0.5) is 4.39 Å². The Hall–Kier alpha value is -1.38. The highest BCUT2D eigenvalue weighted by Gasteiger charge is 2.32. The van der Waals surface area contributed by atoms with E-state index in [1.807, 2.05) is 12.1 Å². The van der Waals surface area contributed by atoms with E-state index in [2.05, 4.69) is 6.92 Å². The van der Waals surface area contributed by atoms with Gasteiger partial charge in [0.25, 0.3) is 0 Å². The minimum atomic E-state index is -0.216. The predicted molar refractivity (Wildman–Crippen MR) is 108 cm³/mol. The van der Waals surface area contributed by atoms with Crippen molar-refractivity contribution in [2.24, 2.45) is 17.8 Å². The summed E-state index contributed by atoms with van der Waals surface area (Å²) in [7, 11) is 0. The fraction of sp³-hybridized carbons (Fsp3) is 0.708. The molecule has 1 aromatic carbocycles. The van der Waals surface area contributed by atoms with Crippen LogP contribution in [0.2, 0.25) is 0 Å². The molecule has 27 heavy (non-hydrogen) atoms. The topological polar surface area (TPSA) is 26.3 Å². The smallest absolute Gasteiger partial charge is 0.168 e. The molecule has 0 amide bonds. The number of ether oxygens (including phenoxy) is 1. The molecule has 3 heteroatoms. The van der Waals surface area contributed by atoms with Gasteiger partial charge in [0.1, 0.15) is 6.29 Å². The highest BCUT2D eigenvalue weighted by molar-refractivity contribution is 5.49. The first-order valence-electron chi connectivity index (χ1n) is 11.1. The summed E-state index contributed by atoms with van der Waals surface area (Å²) in [5, 5.41) is 0. The summed E-state index contributed by atoms with van der Waals surface area (Å²) in [4.78, 5) is 10.4. The quantitative estimate of drug-likeness (QED) is 0.375. The molecular formula is C24H35FO2. The first-order chi connectivity index (χ1) is 13.2. The second kappa shape index (κ2) is 10.2. The van der Waals surface area contributed by atoms with Crippen molar-refractivity contribution in [3.05, 3.63) is 29.6 Å². The van der Waals surface area contributed by atoms with E-state index in [0.29, 0.717) is 18.1 Å². The van der Waals surface area contributed by atoms with Crippen molar-refractivity contribution < 1.29 is 13.9 Å². The summed E-state index contributed by atoms with van der Waals surface area (Å²) < 4.78 is 20.3. The highest BCUT2D eigenvalue weighted by Crippen LogP contribution is 2.45. The van der Waals surface area contributed by atoms with Crippen molar-refractivity contribution in [3.8, 4) is 5.75 Å². The van der Waals surface area contributed by atoms with Crippen molar-refractivity contribution in [2.75, 3.05) is 6.61 Å². The number of rotatable bonds is 8. The Balaban J connectivity index is 1.52. The van der Waals surface area contributed by atoms with Crippen molar-refractivity contribution in [1.82, 2.24) is 0 Å². The van der Waals surface area contributed by atoms with Crippen LogP contribution in [0.3, 0.4) is 0 Å². The van der Waals surface area contributed by atoms with Gasteiger partial charge in [-0.2, -0.15) is 0 Å². The number of hydrogen-bond acceptors (Lipinski definition) is 2. The van der Waals surface area contributed by atoms with Gasteiger partial charge in [-0.1, -0.05) is 44.7 Å². The van der Waals surface area contributed by atoms with Crippen molar-refractivity contribution in [2.45, 2.75) is 83.5 Å². The fourth-order valence-electron chi connectivity index (χ4n) is 5.43. The number of hydrogen-bond donors (Lipinski definition) is 0. The van der Waals surface area contributed by atoms with Crippen LogP contribution in [0.15, 0.2) is 18.2 Å². The first kappa shape index (κ1) is 20.4. The van der Waals surface area contributed by atoms with E-state index < -0.39 is 0 Å². The minimum Gasteiger partial charge on any atom is -0.490 e. The van der Waals surface area contributed by atoms with E-state index in [1.165, 1.54) is 51.4 Å². The zero-order chi connectivity index (χ0) is 19.1. The van der Waals surface area contributed by atoms with Crippen LogP contribution in [-0.2, 0) is 4.79 Å². The van der Waals surface area contributed by atoms with Crippen LogP contribution in [0.1, 0.15) is 89.0 Å². The van der Waals surface area contributed by atoms with E-state index in [9.17, 15) is 9.18 Å². The number of aldehydes is 1. The van der Waals surface area contributed by atoms with Gasteiger partial charge in [0.2, 0.25) is 0 Å². The third-order valence-electron chi connectivity index (χ3n) is 6.95. The van der Waals surface area contributed by atoms with Crippen LogP contribution in [-0.4, -0.2) is 12.9 Å². The average molecular weight is 375 g/mol. The summed E-state index contributed by atoms with van der Waals surface area (Å²) in [6, 6.07) is 5.47. The molecule has 1 aromatic rings. The fourth-order valence-corrected chi connectivity index (χ4v) is 5.43. The van der Waals surface area contributed by atoms with Gasteiger partial charge in [0, 0.05) is 6.42 Å². The molecule has 0 heterocycles. The second-order valence-corrected chi connectivity index (χ2v) is 8.64. The number of halogens is 1. The van der Waals surface area contributed by atoms with Crippen molar-refractivity contribution >= 4 is 6.29 Å². The zero-order valence-corrected chi connectivity index (χ0v) is 16.8. The third kappa shape index (κ3) is 5.33. The monoisotopic (exact) mass is 374 g/mol. The lowest BCUT2D eigenvalue weighted by Gasteiger charge is -2.38. The molecular weight excluding hydrogens is 339 g/mol. The van der Waals surface area contributed by atoms with Crippen LogP contribution in [0, 0.1) is 23.6 Å². The largest absolute Gasteiger partial charge is 0.490 e. The Morgan fingerprint density at radius 2 is 1.70 bits per heavy atom. The number of carbonyl (C=O) groups excluding carboxylic acids is 1. The summed E-state index contributed by atoms with van der Waals surface area (Å²) >= 11 is 0. The molecule has 2 saturated carbocycles. The molecule has 3 rings (SSSR count). The molecule has 0 N–H and O–H groups in total. The Morgan fingerprint density at radius 1 is 1.04 bits per heavy atom. The lowest BCUT2D eigenvalue weighted by atomic mass is 9.68. The Kier molecular flexibility index (Phi) is 7.72. The Bertz CT molecular complexity index is 584. The van der Waals surface area contributed by atoms with E-state index in [4.69, 9.17) is 4.74 Å². The highest BCUT2D eigenvalue weighted by atomic mass is 19.1. The molecule has 150 valence electrons. The molecule has 2 aliphatic rings. The van der Waals surface area contributed by atoms with Gasteiger partial charge >= 0.3 is 0 Å². The van der Waals surface area contributed by atoms with Crippen LogP contribution < -0.4 is 4.74 Å². The van der Waals surface area contributed by atoms with E-state index in [0.717, 1.165) is 42.4 Å². The van der Waals surface area contributed by atoms with Gasteiger partial charge in [-0.15, -0.1) is 0 Å². The van der Waals surface area contributed by atoms with Gasteiger partial charge in [0.15, 0.2) is 11.6 Å². The lowest BCUT2D eigenvalue weighted by Crippen LogP contribution is -2.25. The second-order valence-electron chi connectivity index (χ2n) is 8.64. The first-order valence-corrected chi connectivity index (χ1v) is 11.1. The normalized spacial score (nSPS) is 28.7.